The van der Waals surface area contributed by atoms with E-state index in [4.69, 9.17) is 10.8 Å². The van der Waals surface area contributed by atoms with Crippen molar-refractivity contribution in [2.45, 2.75) is 18.9 Å². The van der Waals surface area contributed by atoms with Gasteiger partial charge in [0.15, 0.2) is 0 Å². The van der Waals surface area contributed by atoms with Crippen LogP contribution in [0.5, 0.6) is 0 Å². The number of nitrogen functional groups attached to an aromatic ring is 1. The molecule has 2 rings (SSSR count). The molecule has 1 aromatic rings. The summed E-state index contributed by atoms with van der Waals surface area (Å²) in [4.78, 5) is 11.5. The maximum atomic E-state index is 11.5. The van der Waals surface area contributed by atoms with Crippen LogP contribution in [0.1, 0.15) is 18.4 Å². The Balaban J connectivity index is 1.76. The summed E-state index contributed by atoms with van der Waals surface area (Å²) in [6.45, 7) is 0.636. The third kappa shape index (κ3) is 3.60. The second-order valence-corrected chi connectivity index (χ2v) is 4.74. The lowest BCUT2D eigenvalue weighted by atomic mass is 9.82. The van der Waals surface area contributed by atoms with Crippen molar-refractivity contribution >= 4 is 17.7 Å². The molecule has 4 heteroatoms. The van der Waals surface area contributed by atoms with Gasteiger partial charge in [-0.1, -0.05) is 12.1 Å². The highest BCUT2D eigenvalue weighted by molar-refractivity contribution is 5.91. The molecule has 1 aromatic carbocycles. The van der Waals surface area contributed by atoms with Gasteiger partial charge in [0, 0.05) is 18.3 Å². The molecule has 1 saturated carbocycles. The molecule has 0 aromatic heterocycles. The maximum Gasteiger partial charge on any atom is 0.244 e. The molecular formula is C14H18N2O2. The molecule has 0 aliphatic heterocycles. The standard InChI is InChI=1S/C14H18N2O2/c15-12-3-1-2-10(6-12)4-5-14(18)16-9-11-7-13(17)8-11/h1-6,11,13,17H,7-9,15H2,(H,16,18)/b5-4+. The Labute approximate surface area is 107 Å². The highest BCUT2D eigenvalue weighted by atomic mass is 16.3. The molecule has 0 bridgehead atoms. The fourth-order valence-corrected chi connectivity index (χ4v) is 2.01. The van der Waals surface area contributed by atoms with E-state index in [1.165, 1.54) is 6.08 Å². The van der Waals surface area contributed by atoms with Crippen LogP contribution in [0.2, 0.25) is 0 Å². The number of anilines is 1. The molecule has 0 radical (unpaired) electrons. The zero-order valence-electron chi connectivity index (χ0n) is 10.2. The van der Waals surface area contributed by atoms with E-state index in [1.54, 1.807) is 12.1 Å². The van der Waals surface area contributed by atoms with E-state index < -0.39 is 0 Å². The lowest BCUT2D eigenvalue weighted by Gasteiger charge is -2.31. The van der Waals surface area contributed by atoms with Crippen LogP contribution in [0.4, 0.5) is 5.69 Å². The first-order valence-electron chi connectivity index (χ1n) is 6.13. The van der Waals surface area contributed by atoms with Crippen LogP contribution < -0.4 is 11.1 Å². The highest BCUT2D eigenvalue weighted by Crippen LogP contribution is 2.25. The zero-order valence-corrected chi connectivity index (χ0v) is 10.2. The quantitative estimate of drug-likeness (QED) is 0.551. The van der Waals surface area contributed by atoms with E-state index in [-0.39, 0.29) is 12.0 Å². The van der Waals surface area contributed by atoms with Gasteiger partial charge in [0.25, 0.3) is 0 Å². The van der Waals surface area contributed by atoms with E-state index in [2.05, 4.69) is 5.32 Å². The van der Waals surface area contributed by atoms with Crippen molar-refractivity contribution in [1.29, 1.82) is 0 Å². The predicted octanol–water partition coefficient (Wildman–Crippen LogP) is 1.17. The number of amides is 1. The lowest BCUT2D eigenvalue weighted by Crippen LogP contribution is -2.37. The molecule has 1 amide bonds. The number of rotatable bonds is 4. The second-order valence-electron chi connectivity index (χ2n) is 4.74. The van der Waals surface area contributed by atoms with Gasteiger partial charge in [0.2, 0.25) is 5.91 Å². The molecule has 1 aliphatic rings. The van der Waals surface area contributed by atoms with Gasteiger partial charge in [-0.3, -0.25) is 4.79 Å². The molecule has 96 valence electrons. The molecular weight excluding hydrogens is 228 g/mol. The number of carbonyl (C=O) groups excluding carboxylic acids is 1. The van der Waals surface area contributed by atoms with Gasteiger partial charge in [-0.05, 0) is 42.5 Å². The largest absolute Gasteiger partial charge is 0.399 e. The highest BCUT2D eigenvalue weighted by Gasteiger charge is 2.26. The molecule has 1 aliphatic carbocycles. The smallest absolute Gasteiger partial charge is 0.244 e. The number of hydrogen-bond donors (Lipinski definition) is 3. The first-order chi connectivity index (χ1) is 8.63. The minimum Gasteiger partial charge on any atom is -0.399 e. The Morgan fingerprint density at radius 2 is 2.28 bits per heavy atom. The number of nitrogens with two attached hydrogens (primary N) is 1. The number of carbonyl (C=O) groups is 1. The topological polar surface area (TPSA) is 75.4 Å². The first-order valence-corrected chi connectivity index (χ1v) is 6.13. The SMILES string of the molecule is Nc1cccc(/C=C/C(=O)NCC2CC(O)C2)c1. The van der Waals surface area contributed by atoms with Crippen LogP contribution in [-0.4, -0.2) is 23.7 Å². The third-order valence-electron chi connectivity index (χ3n) is 3.11. The van der Waals surface area contributed by atoms with E-state index in [0.29, 0.717) is 18.2 Å². The molecule has 0 saturated heterocycles. The molecule has 0 atom stereocenters. The molecule has 1 fully saturated rings. The van der Waals surface area contributed by atoms with Gasteiger partial charge in [-0.2, -0.15) is 0 Å². The van der Waals surface area contributed by atoms with Crippen LogP contribution in [-0.2, 0) is 4.79 Å². The van der Waals surface area contributed by atoms with Crippen LogP contribution in [0.25, 0.3) is 6.08 Å². The van der Waals surface area contributed by atoms with Crippen molar-refractivity contribution in [1.82, 2.24) is 5.32 Å². The number of aliphatic hydroxyl groups is 1. The minimum atomic E-state index is -0.172. The molecule has 0 spiro atoms. The van der Waals surface area contributed by atoms with Crippen LogP contribution >= 0.6 is 0 Å². The normalized spacial score (nSPS) is 22.7. The first kappa shape index (κ1) is 12.6. The van der Waals surface area contributed by atoms with Gasteiger partial charge in [-0.25, -0.2) is 0 Å². The summed E-state index contributed by atoms with van der Waals surface area (Å²) >= 11 is 0. The van der Waals surface area contributed by atoms with E-state index in [1.807, 2.05) is 18.2 Å². The molecule has 0 heterocycles. The second kappa shape index (κ2) is 5.69. The number of aliphatic hydroxyl groups excluding tert-OH is 1. The van der Waals surface area contributed by atoms with Crippen LogP contribution in [0.3, 0.4) is 0 Å². The van der Waals surface area contributed by atoms with Crippen molar-refractivity contribution in [3.63, 3.8) is 0 Å². The lowest BCUT2D eigenvalue weighted by molar-refractivity contribution is -0.117. The zero-order chi connectivity index (χ0) is 13.0. The summed E-state index contributed by atoms with van der Waals surface area (Å²) < 4.78 is 0. The van der Waals surface area contributed by atoms with E-state index in [9.17, 15) is 4.79 Å². The minimum absolute atomic E-state index is 0.112. The molecule has 0 unspecified atom stereocenters. The van der Waals surface area contributed by atoms with Gasteiger partial charge in [0.05, 0.1) is 6.10 Å². The Hall–Kier alpha value is -1.81. The summed E-state index contributed by atoms with van der Waals surface area (Å²) in [7, 11) is 0. The summed E-state index contributed by atoms with van der Waals surface area (Å²) in [5, 5.41) is 11.9. The van der Waals surface area contributed by atoms with E-state index in [0.717, 1.165) is 18.4 Å². The maximum absolute atomic E-state index is 11.5. The fourth-order valence-electron chi connectivity index (χ4n) is 2.01. The summed E-state index contributed by atoms with van der Waals surface area (Å²) in [6, 6.07) is 7.36. The number of nitrogens with one attached hydrogen (secondary N) is 1. The Bertz CT molecular complexity index is 451. The van der Waals surface area contributed by atoms with Crippen LogP contribution in [0, 0.1) is 5.92 Å². The predicted molar refractivity (Wildman–Crippen MR) is 71.6 cm³/mol. The van der Waals surface area contributed by atoms with E-state index >= 15 is 0 Å². The van der Waals surface area contributed by atoms with Gasteiger partial charge in [0.1, 0.15) is 0 Å². The molecule has 18 heavy (non-hydrogen) atoms. The van der Waals surface area contributed by atoms with Crippen LogP contribution in [0.15, 0.2) is 30.3 Å². The monoisotopic (exact) mass is 246 g/mol. The number of hydrogen-bond acceptors (Lipinski definition) is 3. The van der Waals surface area contributed by atoms with Gasteiger partial charge >= 0.3 is 0 Å². The van der Waals surface area contributed by atoms with Gasteiger partial charge < -0.3 is 16.2 Å². The van der Waals surface area contributed by atoms with Crippen molar-refractivity contribution in [2.24, 2.45) is 5.92 Å². The average molecular weight is 246 g/mol. The summed E-state index contributed by atoms with van der Waals surface area (Å²) in [5.74, 6) is 0.309. The average Bonchev–Trinajstić information content (AvgIpc) is 2.31. The van der Waals surface area contributed by atoms with Crippen molar-refractivity contribution in [2.75, 3.05) is 12.3 Å². The third-order valence-corrected chi connectivity index (χ3v) is 3.11. The molecule has 4 nitrogen and oxygen atoms in total. The van der Waals surface area contributed by atoms with Crippen molar-refractivity contribution in [3.05, 3.63) is 35.9 Å². The summed E-state index contributed by atoms with van der Waals surface area (Å²) in [5.41, 5.74) is 7.23. The molecule has 4 N–H and O–H groups in total. The Morgan fingerprint density at radius 1 is 1.50 bits per heavy atom. The van der Waals surface area contributed by atoms with Crippen molar-refractivity contribution < 1.29 is 9.90 Å². The number of benzene rings is 1. The summed E-state index contributed by atoms with van der Waals surface area (Å²) in [6.07, 6.45) is 4.65. The Kier molecular flexibility index (Phi) is 3.99. The van der Waals surface area contributed by atoms with Crippen molar-refractivity contribution in [3.8, 4) is 0 Å². The van der Waals surface area contributed by atoms with Gasteiger partial charge in [-0.15, -0.1) is 0 Å². The fraction of sp³-hybridized carbons (Fsp3) is 0.357. The Morgan fingerprint density at radius 3 is 2.94 bits per heavy atom.